The predicted molar refractivity (Wildman–Crippen MR) is 82.1 cm³/mol. The molecule has 0 spiro atoms. The van der Waals surface area contributed by atoms with Crippen molar-refractivity contribution in [3.8, 4) is 0 Å². The second-order valence-electron chi connectivity index (χ2n) is 6.34. The van der Waals surface area contributed by atoms with Crippen LogP contribution < -0.4 is 10.5 Å². The number of carbonyl (C=O) groups excluding carboxylic acids is 1. The molecular formula is C14H27N3O3S. The highest BCUT2D eigenvalue weighted by Crippen LogP contribution is 2.33. The van der Waals surface area contributed by atoms with Gasteiger partial charge in [-0.05, 0) is 44.6 Å². The Labute approximate surface area is 127 Å². The quantitative estimate of drug-likeness (QED) is 0.762. The van der Waals surface area contributed by atoms with E-state index in [0.717, 1.165) is 51.3 Å². The molecule has 3 N–H and O–H groups in total. The molecule has 1 aliphatic carbocycles. The first kappa shape index (κ1) is 16.7. The Kier molecular flexibility index (Phi) is 5.62. The number of nitrogens with one attached hydrogen (secondary N) is 1. The van der Waals surface area contributed by atoms with Crippen LogP contribution in [0.25, 0.3) is 0 Å². The summed E-state index contributed by atoms with van der Waals surface area (Å²) < 4.78 is 25.1. The van der Waals surface area contributed by atoms with E-state index in [4.69, 9.17) is 5.73 Å². The van der Waals surface area contributed by atoms with Gasteiger partial charge in [-0.1, -0.05) is 6.42 Å². The van der Waals surface area contributed by atoms with Crippen molar-refractivity contribution in [1.82, 2.24) is 9.62 Å². The monoisotopic (exact) mass is 317 g/mol. The SMILES string of the molecule is CS(=O)(=O)NCC1CCCCN1C(=O)C1CCCC1CN. The van der Waals surface area contributed by atoms with Gasteiger partial charge >= 0.3 is 0 Å². The summed E-state index contributed by atoms with van der Waals surface area (Å²) >= 11 is 0. The average molecular weight is 317 g/mol. The maximum absolute atomic E-state index is 12.8. The van der Waals surface area contributed by atoms with Crippen molar-refractivity contribution in [1.29, 1.82) is 0 Å². The van der Waals surface area contributed by atoms with Crippen molar-refractivity contribution in [2.45, 2.75) is 44.6 Å². The van der Waals surface area contributed by atoms with E-state index in [1.54, 1.807) is 0 Å². The summed E-state index contributed by atoms with van der Waals surface area (Å²) in [6.07, 6.45) is 7.10. The number of nitrogens with two attached hydrogens (primary N) is 1. The number of rotatable bonds is 5. The van der Waals surface area contributed by atoms with Gasteiger partial charge in [0.15, 0.2) is 0 Å². The molecular weight excluding hydrogens is 290 g/mol. The minimum Gasteiger partial charge on any atom is -0.338 e. The number of amides is 1. The first-order valence-corrected chi connectivity index (χ1v) is 9.76. The van der Waals surface area contributed by atoms with Crippen molar-refractivity contribution in [3.05, 3.63) is 0 Å². The fraction of sp³-hybridized carbons (Fsp3) is 0.929. The van der Waals surface area contributed by atoms with Crippen LogP contribution in [0.5, 0.6) is 0 Å². The van der Waals surface area contributed by atoms with Crippen LogP contribution in [0.3, 0.4) is 0 Å². The van der Waals surface area contributed by atoms with E-state index in [0.29, 0.717) is 19.0 Å². The predicted octanol–water partition coefficient (Wildman–Crippen LogP) is 0.292. The minimum atomic E-state index is -3.22. The third kappa shape index (κ3) is 4.40. The van der Waals surface area contributed by atoms with Gasteiger partial charge in [-0.3, -0.25) is 4.79 Å². The van der Waals surface area contributed by atoms with Crippen LogP contribution in [0.1, 0.15) is 38.5 Å². The van der Waals surface area contributed by atoms with Crippen LogP contribution in [0, 0.1) is 11.8 Å². The molecule has 3 atom stereocenters. The molecule has 1 aliphatic heterocycles. The first-order chi connectivity index (χ1) is 9.92. The standard InChI is InChI=1S/C14H27N3O3S/c1-21(19,20)16-10-12-6-2-3-8-17(12)14(18)13-7-4-5-11(13)9-15/h11-13,16H,2-10,15H2,1H3. The first-order valence-electron chi connectivity index (χ1n) is 7.87. The van der Waals surface area contributed by atoms with Gasteiger partial charge in [-0.2, -0.15) is 0 Å². The van der Waals surface area contributed by atoms with Crippen LogP contribution in [-0.4, -0.2) is 51.2 Å². The molecule has 0 aromatic rings. The summed E-state index contributed by atoms with van der Waals surface area (Å²) in [6.45, 7) is 1.63. The smallest absolute Gasteiger partial charge is 0.226 e. The fourth-order valence-electron chi connectivity index (χ4n) is 3.61. The Morgan fingerprint density at radius 3 is 2.67 bits per heavy atom. The van der Waals surface area contributed by atoms with E-state index in [1.807, 2.05) is 4.90 Å². The molecule has 3 unspecified atom stereocenters. The normalized spacial score (nSPS) is 30.6. The van der Waals surface area contributed by atoms with Gasteiger partial charge in [0.2, 0.25) is 15.9 Å². The molecule has 2 fully saturated rings. The minimum absolute atomic E-state index is 0.0139. The number of piperidine rings is 1. The lowest BCUT2D eigenvalue weighted by Gasteiger charge is -2.38. The van der Waals surface area contributed by atoms with Gasteiger partial charge in [-0.25, -0.2) is 13.1 Å². The zero-order chi connectivity index (χ0) is 15.5. The Hall–Kier alpha value is -0.660. The van der Waals surface area contributed by atoms with Crippen LogP contribution in [0.15, 0.2) is 0 Å². The maximum Gasteiger partial charge on any atom is 0.226 e. The third-order valence-electron chi connectivity index (χ3n) is 4.77. The molecule has 0 aromatic heterocycles. The molecule has 0 aromatic carbocycles. The van der Waals surface area contributed by atoms with Crippen molar-refractivity contribution in [2.24, 2.45) is 17.6 Å². The van der Waals surface area contributed by atoms with Crippen LogP contribution in [-0.2, 0) is 14.8 Å². The molecule has 7 heteroatoms. The maximum atomic E-state index is 12.8. The average Bonchev–Trinajstić information content (AvgIpc) is 2.92. The highest BCUT2D eigenvalue weighted by Gasteiger charge is 2.37. The number of hydrogen-bond acceptors (Lipinski definition) is 4. The van der Waals surface area contributed by atoms with Crippen LogP contribution in [0.2, 0.25) is 0 Å². The molecule has 1 saturated heterocycles. The molecule has 0 radical (unpaired) electrons. The number of hydrogen-bond donors (Lipinski definition) is 2. The van der Waals surface area contributed by atoms with Gasteiger partial charge in [0.1, 0.15) is 0 Å². The summed E-state index contributed by atoms with van der Waals surface area (Å²) in [4.78, 5) is 14.7. The van der Waals surface area contributed by atoms with E-state index in [9.17, 15) is 13.2 Å². The molecule has 6 nitrogen and oxygen atoms in total. The summed E-state index contributed by atoms with van der Waals surface area (Å²) in [5.41, 5.74) is 5.78. The molecule has 21 heavy (non-hydrogen) atoms. The van der Waals surface area contributed by atoms with E-state index in [-0.39, 0.29) is 17.9 Å². The Bertz CT molecular complexity index is 466. The second kappa shape index (κ2) is 7.07. The van der Waals surface area contributed by atoms with Crippen molar-refractivity contribution in [3.63, 3.8) is 0 Å². The molecule has 2 rings (SSSR count). The fourth-order valence-corrected chi connectivity index (χ4v) is 4.10. The van der Waals surface area contributed by atoms with Gasteiger partial charge < -0.3 is 10.6 Å². The number of sulfonamides is 1. The lowest BCUT2D eigenvalue weighted by atomic mass is 9.92. The highest BCUT2D eigenvalue weighted by molar-refractivity contribution is 7.88. The Morgan fingerprint density at radius 1 is 1.24 bits per heavy atom. The van der Waals surface area contributed by atoms with Gasteiger partial charge in [0.05, 0.1) is 6.26 Å². The number of likely N-dealkylation sites (tertiary alicyclic amines) is 1. The topological polar surface area (TPSA) is 92.5 Å². The van der Waals surface area contributed by atoms with E-state index >= 15 is 0 Å². The lowest BCUT2D eigenvalue weighted by Crippen LogP contribution is -2.51. The Morgan fingerprint density at radius 2 is 2.00 bits per heavy atom. The summed E-state index contributed by atoms with van der Waals surface area (Å²) in [5, 5.41) is 0. The third-order valence-corrected chi connectivity index (χ3v) is 5.46. The van der Waals surface area contributed by atoms with Crippen molar-refractivity contribution >= 4 is 15.9 Å². The molecule has 2 aliphatic rings. The number of carbonyl (C=O) groups is 1. The van der Waals surface area contributed by atoms with Crippen LogP contribution in [0.4, 0.5) is 0 Å². The van der Waals surface area contributed by atoms with Gasteiger partial charge in [0, 0.05) is 25.0 Å². The summed E-state index contributed by atoms with van der Waals surface area (Å²) in [7, 11) is -3.22. The van der Waals surface area contributed by atoms with Crippen molar-refractivity contribution < 1.29 is 13.2 Å². The molecule has 1 heterocycles. The zero-order valence-corrected chi connectivity index (χ0v) is 13.6. The summed E-state index contributed by atoms with van der Waals surface area (Å²) in [6, 6.07) is -0.0139. The molecule has 0 bridgehead atoms. The van der Waals surface area contributed by atoms with E-state index < -0.39 is 10.0 Å². The lowest BCUT2D eigenvalue weighted by molar-refractivity contribution is -0.140. The zero-order valence-electron chi connectivity index (χ0n) is 12.8. The summed E-state index contributed by atoms with van der Waals surface area (Å²) in [5.74, 6) is 0.514. The second-order valence-corrected chi connectivity index (χ2v) is 8.17. The van der Waals surface area contributed by atoms with E-state index in [2.05, 4.69) is 4.72 Å². The molecule has 1 amide bonds. The highest BCUT2D eigenvalue weighted by atomic mass is 32.2. The van der Waals surface area contributed by atoms with Gasteiger partial charge in [0.25, 0.3) is 0 Å². The Balaban J connectivity index is 2.02. The van der Waals surface area contributed by atoms with Crippen molar-refractivity contribution in [2.75, 3.05) is 25.9 Å². The van der Waals surface area contributed by atoms with Crippen LogP contribution >= 0.6 is 0 Å². The van der Waals surface area contributed by atoms with Gasteiger partial charge in [-0.15, -0.1) is 0 Å². The largest absolute Gasteiger partial charge is 0.338 e. The number of nitrogens with zero attached hydrogens (tertiary/aromatic N) is 1. The molecule has 122 valence electrons. The van der Waals surface area contributed by atoms with E-state index in [1.165, 1.54) is 0 Å². The molecule has 1 saturated carbocycles.